The van der Waals surface area contributed by atoms with Crippen LogP contribution in [-0.2, 0) is 6.54 Å². The van der Waals surface area contributed by atoms with Gasteiger partial charge in [-0.25, -0.2) is 4.98 Å². The van der Waals surface area contributed by atoms with Crippen LogP contribution in [0.3, 0.4) is 0 Å². The molecule has 0 unspecified atom stereocenters. The summed E-state index contributed by atoms with van der Waals surface area (Å²) in [5.74, 6) is 0. The minimum atomic E-state index is 0.171. The molecule has 4 heteroatoms. The fourth-order valence-corrected chi connectivity index (χ4v) is 4.58. The topological polar surface area (TPSA) is 28.2 Å². The second kappa shape index (κ2) is 5.88. The Bertz CT molecular complexity index is 459. The molecule has 0 atom stereocenters. The first-order chi connectivity index (χ1) is 9.96. The number of hydrogen-bond acceptors (Lipinski definition) is 4. The molecule has 3 rings (SSSR count). The number of rotatable bonds is 3. The molecule has 1 aliphatic heterocycles. The normalized spacial score (nSPS) is 22.1. The first-order valence-corrected chi connectivity index (χ1v) is 9.22. The number of anilines is 1. The molecular weight excluding hydrogens is 278 g/mol. The van der Waals surface area contributed by atoms with Crippen LogP contribution in [0, 0.1) is 5.41 Å². The van der Waals surface area contributed by atoms with Crippen LogP contribution >= 0.6 is 11.3 Å². The van der Waals surface area contributed by atoms with Crippen molar-refractivity contribution < 1.29 is 0 Å². The Morgan fingerprint density at radius 1 is 1.19 bits per heavy atom. The summed E-state index contributed by atoms with van der Waals surface area (Å²) < 4.78 is 0. The Hall–Kier alpha value is -0.610. The van der Waals surface area contributed by atoms with Crippen molar-refractivity contribution in [3.8, 4) is 0 Å². The Morgan fingerprint density at radius 2 is 1.86 bits per heavy atom. The Balaban J connectivity index is 1.55. The molecule has 21 heavy (non-hydrogen) atoms. The van der Waals surface area contributed by atoms with E-state index in [0.29, 0.717) is 5.41 Å². The third-order valence-corrected chi connectivity index (χ3v) is 6.15. The molecule has 0 aromatic carbocycles. The molecule has 3 nitrogen and oxygen atoms in total. The molecule has 1 spiro atoms. The summed E-state index contributed by atoms with van der Waals surface area (Å²) in [6.45, 7) is 9.97. The largest absolute Gasteiger partial charge is 0.348 e. The van der Waals surface area contributed by atoms with E-state index in [0.717, 1.165) is 6.54 Å². The zero-order valence-corrected chi connectivity index (χ0v) is 14.6. The Morgan fingerprint density at radius 3 is 2.48 bits per heavy atom. The van der Waals surface area contributed by atoms with Crippen LogP contribution in [0.5, 0.6) is 0 Å². The maximum atomic E-state index is 4.66. The van der Waals surface area contributed by atoms with Crippen molar-refractivity contribution in [1.82, 2.24) is 10.3 Å². The molecule has 2 fully saturated rings. The zero-order valence-electron chi connectivity index (χ0n) is 13.7. The molecule has 0 radical (unpaired) electrons. The number of thiazole rings is 1. The molecule has 0 amide bonds. The molecule has 1 aliphatic carbocycles. The maximum Gasteiger partial charge on any atom is 0.185 e. The molecule has 2 heterocycles. The van der Waals surface area contributed by atoms with Crippen LogP contribution < -0.4 is 10.2 Å². The maximum absolute atomic E-state index is 4.66. The van der Waals surface area contributed by atoms with E-state index in [1.807, 2.05) is 11.3 Å². The third-order valence-electron chi connectivity index (χ3n) is 5.09. The third kappa shape index (κ3) is 3.78. The van der Waals surface area contributed by atoms with E-state index in [2.05, 4.69) is 42.2 Å². The molecule has 1 aromatic rings. The van der Waals surface area contributed by atoms with Crippen LogP contribution in [0.1, 0.15) is 64.2 Å². The van der Waals surface area contributed by atoms with Crippen molar-refractivity contribution in [2.24, 2.45) is 5.41 Å². The van der Waals surface area contributed by atoms with Gasteiger partial charge in [-0.3, -0.25) is 0 Å². The first-order valence-electron chi connectivity index (χ1n) is 8.41. The van der Waals surface area contributed by atoms with Gasteiger partial charge in [-0.1, -0.05) is 12.8 Å². The lowest BCUT2D eigenvalue weighted by Crippen LogP contribution is -2.38. The van der Waals surface area contributed by atoms with Crippen molar-refractivity contribution in [3.05, 3.63) is 11.1 Å². The van der Waals surface area contributed by atoms with Crippen LogP contribution in [0.4, 0.5) is 5.13 Å². The van der Waals surface area contributed by atoms with Gasteiger partial charge >= 0.3 is 0 Å². The van der Waals surface area contributed by atoms with Gasteiger partial charge in [0.05, 0.1) is 0 Å². The van der Waals surface area contributed by atoms with Gasteiger partial charge in [-0.05, 0) is 51.9 Å². The number of piperidine rings is 1. The summed E-state index contributed by atoms with van der Waals surface area (Å²) in [5, 5.41) is 4.78. The highest BCUT2D eigenvalue weighted by Crippen LogP contribution is 2.46. The fourth-order valence-electron chi connectivity index (χ4n) is 3.67. The molecule has 118 valence electrons. The summed E-state index contributed by atoms with van der Waals surface area (Å²) in [4.78, 5) is 8.52. The van der Waals surface area contributed by atoms with E-state index < -0.39 is 0 Å². The van der Waals surface area contributed by atoms with Crippen molar-refractivity contribution in [2.45, 2.75) is 71.4 Å². The van der Waals surface area contributed by atoms with Crippen LogP contribution in [0.2, 0.25) is 0 Å². The summed E-state index contributed by atoms with van der Waals surface area (Å²) >= 11 is 1.86. The lowest BCUT2D eigenvalue weighted by Gasteiger charge is -2.39. The SMILES string of the molecule is CC(C)(C)NCc1cnc(N2CCC3(CCCC3)CC2)s1. The highest BCUT2D eigenvalue weighted by atomic mass is 32.1. The number of nitrogens with one attached hydrogen (secondary N) is 1. The Labute approximate surface area is 133 Å². The highest BCUT2D eigenvalue weighted by Gasteiger charge is 2.37. The minimum Gasteiger partial charge on any atom is -0.348 e. The Kier molecular flexibility index (Phi) is 4.28. The molecule has 0 bridgehead atoms. The van der Waals surface area contributed by atoms with E-state index in [4.69, 9.17) is 0 Å². The number of aromatic nitrogens is 1. The van der Waals surface area contributed by atoms with Crippen LogP contribution in [0.25, 0.3) is 0 Å². The highest BCUT2D eigenvalue weighted by molar-refractivity contribution is 7.15. The molecule has 1 saturated heterocycles. The average molecular weight is 308 g/mol. The van der Waals surface area contributed by atoms with E-state index in [9.17, 15) is 0 Å². The van der Waals surface area contributed by atoms with E-state index in [1.54, 1.807) is 0 Å². The zero-order chi connectivity index (χ0) is 14.9. The first kappa shape index (κ1) is 15.3. The summed E-state index contributed by atoms with van der Waals surface area (Å²) in [6, 6.07) is 0. The lowest BCUT2D eigenvalue weighted by atomic mass is 9.77. The van der Waals surface area contributed by atoms with Crippen molar-refractivity contribution in [2.75, 3.05) is 18.0 Å². The predicted molar refractivity (Wildman–Crippen MR) is 91.1 cm³/mol. The van der Waals surface area contributed by atoms with Gasteiger partial charge in [0.25, 0.3) is 0 Å². The van der Waals surface area contributed by atoms with Crippen molar-refractivity contribution in [3.63, 3.8) is 0 Å². The van der Waals surface area contributed by atoms with E-state index in [-0.39, 0.29) is 5.54 Å². The number of hydrogen-bond donors (Lipinski definition) is 1. The summed E-state index contributed by atoms with van der Waals surface area (Å²) in [6.07, 6.45) is 10.7. The van der Waals surface area contributed by atoms with Crippen LogP contribution in [-0.4, -0.2) is 23.6 Å². The molecule has 1 saturated carbocycles. The van der Waals surface area contributed by atoms with Crippen LogP contribution in [0.15, 0.2) is 6.20 Å². The second-order valence-corrected chi connectivity index (χ2v) is 9.00. The molecular formula is C17H29N3S. The van der Waals surface area contributed by atoms with Crippen molar-refractivity contribution >= 4 is 16.5 Å². The van der Waals surface area contributed by atoms with E-state index >= 15 is 0 Å². The lowest BCUT2D eigenvalue weighted by molar-refractivity contribution is 0.226. The van der Waals surface area contributed by atoms with Gasteiger partial charge in [0.15, 0.2) is 5.13 Å². The van der Waals surface area contributed by atoms with Gasteiger partial charge in [-0.15, -0.1) is 11.3 Å². The number of nitrogens with zero attached hydrogens (tertiary/aromatic N) is 2. The van der Waals surface area contributed by atoms with Gasteiger partial charge in [0.1, 0.15) is 0 Å². The van der Waals surface area contributed by atoms with Gasteiger partial charge < -0.3 is 10.2 Å². The molecule has 1 aromatic heterocycles. The minimum absolute atomic E-state index is 0.171. The molecule has 2 aliphatic rings. The van der Waals surface area contributed by atoms with Gasteiger partial charge in [0.2, 0.25) is 0 Å². The van der Waals surface area contributed by atoms with E-state index in [1.165, 1.54) is 61.6 Å². The predicted octanol–water partition coefficient (Wildman–Crippen LogP) is 4.19. The fraction of sp³-hybridized carbons (Fsp3) is 0.824. The van der Waals surface area contributed by atoms with Crippen molar-refractivity contribution in [1.29, 1.82) is 0 Å². The average Bonchev–Trinajstić information content (AvgIpc) is 3.07. The molecule has 1 N–H and O–H groups in total. The monoisotopic (exact) mass is 307 g/mol. The van der Waals surface area contributed by atoms with Gasteiger partial charge in [-0.2, -0.15) is 0 Å². The second-order valence-electron chi connectivity index (χ2n) is 7.91. The van der Waals surface area contributed by atoms with Gasteiger partial charge in [0, 0.05) is 36.2 Å². The smallest absolute Gasteiger partial charge is 0.185 e. The standard InChI is InChI=1S/C17H29N3S/c1-16(2,3)19-13-14-12-18-15(21-14)20-10-8-17(9-11-20)6-4-5-7-17/h12,19H,4-11,13H2,1-3H3. The summed E-state index contributed by atoms with van der Waals surface area (Å²) in [5.41, 5.74) is 0.870. The summed E-state index contributed by atoms with van der Waals surface area (Å²) in [7, 11) is 0. The quantitative estimate of drug-likeness (QED) is 0.907.